The molecule has 2 N–H and O–H groups in total. The molecular weight excluding hydrogens is 290 g/mol. The highest BCUT2D eigenvalue weighted by molar-refractivity contribution is 7.89. The number of benzene rings is 1. The van der Waals surface area contributed by atoms with Crippen LogP contribution in [0.4, 0.5) is 0 Å². The Morgan fingerprint density at radius 2 is 1.86 bits per heavy atom. The first-order chi connectivity index (χ1) is 9.67. The van der Waals surface area contributed by atoms with Gasteiger partial charge in [-0.3, -0.25) is 0 Å². The summed E-state index contributed by atoms with van der Waals surface area (Å²) in [4.78, 5) is 0.176. The molecule has 1 aromatic rings. The lowest BCUT2D eigenvalue weighted by atomic mass is 10.1. The number of ether oxygens (including phenoxy) is 1. The molecule has 6 heteroatoms. The fourth-order valence-electron chi connectivity index (χ4n) is 1.83. The number of sulfonamides is 1. The van der Waals surface area contributed by atoms with E-state index in [4.69, 9.17) is 4.74 Å². The van der Waals surface area contributed by atoms with E-state index in [-0.39, 0.29) is 23.5 Å². The van der Waals surface area contributed by atoms with E-state index in [9.17, 15) is 13.5 Å². The van der Waals surface area contributed by atoms with Gasteiger partial charge in [0.15, 0.2) is 0 Å². The Kier molecular flexibility index (Phi) is 6.19. The SMILES string of the molecule is Cc1cc(S(=O)(=O)NC(CO)C(C)C)ccc1OC(C)C. The van der Waals surface area contributed by atoms with Crippen LogP contribution in [0, 0.1) is 12.8 Å². The molecule has 0 amide bonds. The molecule has 0 bridgehead atoms. The van der Waals surface area contributed by atoms with Crippen LogP contribution >= 0.6 is 0 Å². The van der Waals surface area contributed by atoms with E-state index in [1.54, 1.807) is 12.1 Å². The fourth-order valence-corrected chi connectivity index (χ4v) is 3.29. The van der Waals surface area contributed by atoms with Gasteiger partial charge in [-0.1, -0.05) is 13.8 Å². The zero-order valence-corrected chi connectivity index (χ0v) is 14.1. The molecule has 1 unspecified atom stereocenters. The van der Waals surface area contributed by atoms with Crippen LogP contribution in [-0.2, 0) is 10.0 Å². The first kappa shape index (κ1) is 17.9. The lowest BCUT2D eigenvalue weighted by Crippen LogP contribution is -2.41. The van der Waals surface area contributed by atoms with Crippen molar-refractivity contribution in [3.63, 3.8) is 0 Å². The molecule has 0 heterocycles. The highest BCUT2D eigenvalue weighted by Gasteiger charge is 2.22. The van der Waals surface area contributed by atoms with Crippen molar-refractivity contribution in [2.45, 2.75) is 51.7 Å². The van der Waals surface area contributed by atoms with Crippen LogP contribution in [0.3, 0.4) is 0 Å². The van der Waals surface area contributed by atoms with E-state index in [1.165, 1.54) is 6.07 Å². The summed E-state index contributed by atoms with van der Waals surface area (Å²) in [6.07, 6.45) is 0.0315. The van der Waals surface area contributed by atoms with E-state index in [2.05, 4.69) is 4.72 Å². The number of hydrogen-bond donors (Lipinski definition) is 2. The first-order valence-corrected chi connectivity index (χ1v) is 8.56. The Hall–Kier alpha value is -1.11. The van der Waals surface area contributed by atoms with Gasteiger partial charge in [0.05, 0.1) is 17.6 Å². The minimum atomic E-state index is -3.65. The summed E-state index contributed by atoms with van der Waals surface area (Å²) >= 11 is 0. The summed E-state index contributed by atoms with van der Waals surface area (Å²) in [5.74, 6) is 0.681. The topological polar surface area (TPSA) is 75.6 Å². The maximum atomic E-state index is 12.3. The Labute approximate surface area is 127 Å². The molecule has 1 aromatic carbocycles. The number of aryl methyl sites for hydroxylation is 1. The summed E-state index contributed by atoms with van der Waals surface area (Å²) in [5, 5.41) is 9.26. The molecule has 0 saturated heterocycles. The monoisotopic (exact) mass is 315 g/mol. The zero-order valence-electron chi connectivity index (χ0n) is 13.3. The molecule has 120 valence electrons. The highest BCUT2D eigenvalue weighted by Crippen LogP contribution is 2.23. The van der Waals surface area contributed by atoms with Crippen molar-refractivity contribution in [3.8, 4) is 5.75 Å². The van der Waals surface area contributed by atoms with Crippen LogP contribution in [0.15, 0.2) is 23.1 Å². The van der Waals surface area contributed by atoms with Gasteiger partial charge in [0.1, 0.15) is 5.75 Å². The van der Waals surface area contributed by atoms with Crippen molar-refractivity contribution < 1.29 is 18.3 Å². The van der Waals surface area contributed by atoms with Crippen LogP contribution in [0.2, 0.25) is 0 Å². The Morgan fingerprint density at radius 1 is 1.24 bits per heavy atom. The average molecular weight is 315 g/mol. The number of hydrogen-bond acceptors (Lipinski definition) is 4. The van der Waals surface area contributed by atoms with Crippen molar-refractivity contribution in [2.24, 2.45) is 5.92 Å². The Morgan fingerprint density at radius 3 is 2.29 bits per heavy atom. The highest BCUT2D eigenvalue weighted by atomic mass is 32.2. The van der Waals surface area contributed by atoms with Crippen LogP contribution in [0.5, 0.6) is 5.75 Å². The molecule has 0 fully saturated rings. The molecule has 0 aliphatic carbocycles. The third kappa shape index (κ3) is 4.98. The number of aliphatic hydroxyl groups is 1. The molecule has 1 rings (SSSR count). The van der Waals surface area contributed by atoms with Crippen LogP contribution in [0.25, 0.3) is 0 Å². The number of nitrogens with one attached hydrogen (secondary N) is 1. The van der Waals surface area contributed by atoms with Gasteiger partial charge in [0.25, 0.3) is 0 Å². The third-order valence-electron chi connectivity index (χ3n) is 3.13. The lowest BCUT2D eigenvalue weighted by molar-refractivity contribution is 0.227. The maximum Gasteiger partial charge on any atom is 0.240 e. The predicted molar refractivity (Wildman–Crippen MR) is 83.0 cm³/mol. The molecule has 0 spiro atoms. The van der Waals surface area contributed by atoms with Crippen LogP contribution in [0.1, 0.15) is 33.3 Å². The Bertz CT molecular complexity index is 567. The fraction of sp³-hybridized carbons (Fsp3) is 0.600. The second kappa shape index (κ2) is 7.24. The van der Waals surface area contributed by atoms with E-state index in [0.717, 1.165) is 5.56 Å². The van der Waals surface area contributed by atoms with Gasteiger partial charge in [0.2, 0.25) is 10.0 Å². The van der Waals surface area contributed by atoms with Gasteiger partial charge in [-0.2, -0.15) is 0 Å². The molecule has 0 saturated carbocycles. The minimum absolute atomic E-state index is 0.00872. The molecular formula is C15H25NO4S. The smallest absolute Gasteiger partial charge is 0.240 e. The van der Waals surface area contributed by atoms with Gasteiger partial charge >= 0.3 is 0 Å². The van der Waals surface area contributed by atoms with E-state index in [0.29, 0.717) is 5.75 Å². The van der Waals surface area contributed by atoms with Crippen molar-refractivity contribution in [2.75, 3.05) is 6.61 Å². The second-order valence-electron chi connectivity index (χ2n) is 5.75. The van der Waals surface area contributed by atoms with E-state index in [1.807, 2.05) is 34.6 Å². The van der Waals surface area contributed by atoms with Crippen molar-refractivity contribution in [3.05, 3.63) is 23.8 Å². The first-order valence-electron chi connectivity index (χ1n) is 7.08. The molecule has 21 heavy (non-hydrogen) atoms. The van der Waals surface area contributed by atoms with Crippen molar-refractivity contribution in [1.29, 1.82) is 0 Å². The van der Waals surface area contributed by atoms with Crippen molar-refractivity contribution >= 4 is 10.0 Å². The van der Waals surface area contributed by atoms with E-state index >= 15 is 0 Å². The van der Waals surface area contributed by atoms with Crippen molar-refractivity contribution in [1.82, 2.24) is 4.72 Å². The lowest BCUT2D eigenvalue weighted by Gasteiger charge is -2.20. The zero-order chi connectivity index (χ0) is 16.2. The standard InChI is InChI=1S/C15H25NO4S/c1-10(2)14(9-17)16-21(18,19)13-6-7-15(12(5)8-13)20-11(3)4/h6-8,10-11,14,16-17H,9H2,1-5H3. The Balaban J connectivity index is 3.01. The molecule has 0 radical (unpaired) electrons. The quantitative estimate of drug-likeness (QED) is 0.808. The van der Waals surface area contributed by atoms with Gasteiger partial charge in [-0.05, 0) is 50.5 Å². The van der Waals surface area contributed by atoms with Crippen LogP contribution in [-0.4, -0.2) is 32.3 Å². The van der Waals surface area contributed by atoms with Crippen LogP contribution < -0.4 is 9.46 Å². The van der Waals surface area contributed by atoms with Gasteiger partial charge < -0.3 is 9.84 Å². The summed E-state index contributed by atoms with van der Waals surface area (Å²) in [6.45, 7) is 9.12. The normalized spacial score (nSPS) is 13.7. The summed E-state index contributed by atoms with van der Waals surface area (Å²) in [6, 6.07) is 4.26. The molecule has 5 nitrogen and oxygen atoms in total. The van der Waals surface area contributed by atoms with Gasteiger partial charge in [-0.25, -0.2) is 13.1 Å². The summed E-state index contributed by atoms with van der Waals surface area (Å²) < 4.78 is 32.8. The number of aliphatic hydroxyl groups excluding tert-OH is 1. The van der Waals surface area contributed by atoms with E-state index < -0.39 is 16.1 Å². The van der Waals surface area contributed by atoms with Gasteiger partial charge in [-0.15, -0.1) is 0 Å². The summed E-state index contributed by atoms with van der Waals surface area (Å²) in [7, 11) is -3.65. The molecule has 0 aliphatic heterocycles. The number of rotatable bonds is 7. The third-order valence-corrected chi connectivity index (χ3v) is 4.61. The molecule has 1 atom stereocenters. The van der Waals surface area contributed by atoms with Gasteiger partial charge in [0, 0.05) is 6.04 Å². The average Bonchev–Trinajstić information content (AvgIpc) is 2.37. The molecule has 0 aromatic heterocycles. The summed E-state index contributed by atoms with van der Waals surface area (Å²) in [5.41, 5.74) is 0.761. The predicted octanol–water partition coefficient (Wildman–Crippen LogP) is 2.08. The minimum Gasteiger partial charge on any atom is -0.491 e. The maximum absolute atomic E-state index is 12.3. The second-order valence-corrected chi connectivity index (χ2v) is 7.46. The molecule has 0 aliphatic rings. The largest absolute Gasteiger partial charge is 0.491 e.